The van der Waals surface area contributed by atoms with Crippen molar-refractivity contribution in [2.24, 2.45) is 0 Å². The predicted molar refractivity (Wildman–Crippen MR) is 44.7 cm³/mol. The first kappa shape index (κ1) is 16.3. The van der Waals surface area contributed by atoms with Crippen molar-refractivity contribution < 1.29 is 36.0 Å². The van der Waals surface area contributed by atoms with Crippen molar-refractivity contribution in [3.8, 4) is 0 Å². The van der Waals surface area contributed by atoms with Crippen LogP contribution >= 0.6 is 0 Å². The zero-order valence-corrected chi connectivity index (χ0v) is 8.34. The summed E-state index contributed by atoms with van der Waals surface area (Å²) in [7, 11) is -5.84. The fourth-order valence-corrected chi connectivity index (χ4v) is 0.219. The molecule has 5 nitrogen and oxygen atoms in total. The Kier molecular flexibility index (Phi) is 6.98. The second-order valence-electron chi connectivity index (χ2n) is 2.07. The molecule has 0 unspecified atom stereocenters. The summed E-state index contributed by atoms with van der Waals surface area (Å²) in [6.45, 7) is 1.89. The Labute approximate surface area is 84.0 Å². The Balaban J connectivity index is 0. The molecule has 2 N–H and O–H groups in total. The second-order valence-corrected chi connectivity index (χ2v) is 3.48. The van der Waals surface area contributed by atoms with Gasteiger partial charge in [-0.2, -0.15) is 21.6 Å². The molecule has 0 aromatic carbocycles. The topological polar surface area (TPSA) is 91.7 Å². The summed E-state index contributed by atoms with van der Waals surface area (Å²) >= 11 is 0. The first-order chi connectivity index (χ1) is 6.52. The molecule has 0 fully saturated rings. The van der Waals surface area contributed by atoms with Gasteiger partial charge in [0.05, 0.1) is 0 Å². The summed E-state index contributed by atoms with van der Waals surface area (Å²) in [5.41, 5.74) is -5.53. The fraction of sp³-hybridized carbons (Fsp3) is 0.500. The molecule has 90 valence electrons. The highest BCUT2D eigenvalue weighted by atomic mass is 32.2. The first-order valence-corrected chi connectivity index (χ1v) is 4.89. The molecule has 0 aromatic heterocycles. The summed E-state index contributed by atoms with van der Waals surface area (Å²) in [6.07, 6.45) is 3.52. The van der Waals surface area contributed by atoms with Gasteiger partial charge in [-0.25, -0.2) is 4.79 Å². The van der Waals surface area contributed by atoms with E-state index in [1.54, 1.807) is 6.08 Å². The summed E-state index contributed by atoms with van der Waals surface area (Å²) in [4.78, 5) is 9.67. The van der Waals surface area contributed by atoms with Crippen molar-refractivity contribution in [3.63, 3.8) is 0 Å². The number of halogens is 3. The Morgan fingerprint density at radius 2 is 1.73 bits per heavy atom. The fourth-order valence-electron chi connectivity index (χ4n) is 0.219. The van der Waals surface area contributed by atoms with Gasteiger partial charge in [0.25, 0.3) is 0 Å². The van der Waals surface area contributed by atoms with E-state index in [0.29, 0.717) is 0 Å². The van der Waals surface area contributed by atoms with E-state index in [2.05, 4.69) is 0 Å². The van der Waals surface area contributed by atoms with E-state index in [1.165, 1.54) is 0 Å². The lowest BCUT2D eigenvalue weighted by Crippen LogP contribution is -2.21. The molecule has 0 aliphatic carbocycles. The highest BCUT2D eigenvalue weighted by Crippen LogP contribution is 2.20. The first-order valence-electron chi connectivity index (χ1n) is 3.45. The molecule has 0 amide bonds. The van der Waals surface area contributed by atoms with Crippen LogP contribution in [0.2, 0.25) is 0 Å². The second kappa shape index (κ2) is 6.40. The number of carbonyl (C=O) groups is 1. The van der Waals surface area contributed by atoms with Crippen molar-refractivity contribution in [1.29, 1.82) is 0 Å². The van der Waals surface area contributed by atoms with Crippen molar-refractivity contribution in [3.05, 3.63) is 12.2 Å². The monoisotopic (exact) mass is 250 g/mol. The van der Waals surface area contributed by atoms with Crippen LogP contribution in [0.3, 0.4) is 0 Å². The van der Waals surface area contributed by atoms with Crippen LogP contribution in [0, 0.1) is 0 Å². The van der Waals surface area contributed by atoms with Crippen LogP contribution in [0.1, 0.15) is 13.3 Å². The minimum atomic E-state index is -5.84. The third-order valence-corrected chi connectivity index (χ3v) is 1.37. The van der Waals surface area contributed by atoms with Gasteiger partial charge < -0.3 is 5.11 Å². The summed E-state index contributed by atoms with van der Waals surface area (Å²) in [5, 5.41) is 7.96. The smallest absolute Gasteiger partial charge is 0.478 e. The van der Waals surface area contributed by atoms with Gasteiger partial charge in [0.1, 0.15) is 0 Å². The molecule has 0 radical (unpaired) electrons. The summed E-state index contributed by atoms with van der Waals surface area (Å²) in [6, 6.07) is 0. The van der Waals surface area contributed by atoms with Crippen LogP contribution in [0.15, 0.2) is 12.2 Å². The molecule has 0 aliphatic rings. The van der Waals surface area contributed by atoms with Crippen LogP contribution in [0.4, 0.5) is 13.2 Å². The van der Waals surface area contributed by atoms with Crippen LogP contribution in [-0.2, 0) is 14.9 Å². The standard InChI is InChI=1S/C5H8O2.CHF3O3S/c1-2-3-4-5(6)7;2-1(3,4)8(5,6)7/h3-4H,2H2,1H3,(H,6,7);(H,5,6,7). The van der Waals surface area contributed by atoms with E-state index in [4.69, 9.17) is 18.1 Å². The highest BCUT2D eigenvalue weighted by molar-refractivity contribution is 7.86. The van der Waals surface area contributed by atoms with Crippen LogP contribution in [0.5, 0.6) is 0 Å². The number of hydrogen-bond donors (Lipinski definition) is 2. The quantitative estimate of drug-likeness (QED) is 0.439. The van der Waals surface area contributed by atoms with Gasteiger partial charge in [-0.05, 0) is 6.42 Å². The maximum atomic E-state index is 10.7. The molecule has 0 saturated carbocycles. The molecule has 0 aliphatic heterocycles. The number of hydrogen-bond acceptors (Lipinski definition) is 3. The van der Waals surface area contributed by atoms with E-state index in [-0.39, 0.29) is 0 Å². The van der Waals surface area contributed by atoms with Crippen molar-refractivity contribution in [2.75, 3.05) is 0 Å². The van der Waals surface area contributed by atoms with Crippen LogP contribution in [-0.4, -0.2) is 29.6 Å². The van der Waals surface area contributed by atoms with Gasteiger partial charge in [-0.1, -0.05) is 13.0 Å². The molecule has 0 rings (SSSR count). The average Bonchev–Trinajstić information content (AvgIpc) is 1.98. The molecule has 9 heteroatoms. The number of carboxylic acids is 1. The molecule has 15 heavy (non-hydrogen) atoms. The molecule has 0 spiro atoms. The van der Waals surface area contributed by atoms with Crippen molar-refractivity contribution >= 4 is 16.1 Å². The molecule has 0 heterocycles. The zero-order valence-electron chi connectivity index (χ0n) is 7.52. The van der Waals surface area contributed by atoms with E-state index in [1.807, 2.05) is 6.92 Å². The predicted octanol–water partition coefficient (Wildman–Crippen LogP) is 1.43. The number of carboxylic acid groups (broad SMARTS) is 1. The lowest BCUT2D eigenvalue weighted by atomic mass is 10.4. The Bertz CT molecular complexity index is 316. The molecule has 0 saturated heterocycles. The number of rotatable bonds is 2. The molecule has 0 aromatic rings. The van der Waals surface area contributed by atoms with Gasteiger partial charge in [0.15, 0.2) is 0 Å². The molecular weight excluding hydrogens is 241 g/mol. The normalized spacial score (nSPS) is 12.1. The minimum Gasteiger partial charge on any atom is -0.478 e. The molecular formula is C6H9F3O5S. The van der Waals surface area contributed by atoms with Gasteiger partial charge in [0.2, 0.25) is 0 Å². The van der Waals surface area contributed by atoms with Crippen molar-refractivity contribution in [2.45, 2.75) is 18.9 Å². The van der Waals surface area contributed by atoms with E-state index in [0.717, 1.165) is 12.5 Å². The Morgan fingerprint density at radius 3 is 1.80 bits per heavy atom. The third kappa shape index (κ3) is 10.8. The largest absolute Gasteiger partial charge is 0.522 e. The van der Waals surface area contributed by atoms with Crippen molar-refractivity contribution in [1.82, 2.24) is 0 Å². The van der Waals surface area contributed by atoms with Gasteiger partial charge >= 0.3 is 21.6 Å². The minimum absolute atomic E-state index is 0.784. The van der Waals surface area contributed by atoms with E-state index >= 15 is 0 Å². The third-order valence-electron chi connectivity index (χ3n) is 0.789. The summed E-state index contributed by atoms with van der Waals surface area (Å²) < 4.78 is 57.5. The number of alkyl halides is 3. The Hall–Kier alpha value is -1.09. The Morgan fingerprint density at radius 1 is 1.40 bits per heavy atom. The average molecular weight is 250 g/mol. The van der Waals surface area contributed by atoms with E-state index in [9.17, 15) is 18.0 Å². The van der Waals surface area contributed by atoms with Crippen LogP contribution in [0.25, 0.3) is 0 Å². The number of aliphatic carboxylic acids is 1. The van der Waals surface area contributed by atoms with E-state index < -0.39 is 21.6 Å². The maximum Gasteiger partial charge on any atom is 0.522 e. The molecule has 0 atom stereocenters. The lowest BCUT2D eigenvalue weighted by molar-refractivity contribution is -0.131. The zero-order chi connectivity index (χ0) is 12.7. The maximum absolute atomic E-state index is 10.7. The number of allylic oxidation sites excluding steroid dienone is 1. The summed E-state index contributed by atoms with van der Waals surface area (Å²) in [5.74, 6) is -0.873. The molecule has 0 bridgehead atoms. The van der Waals surface area contributed by atoms with Crippen LogP contribution < -0.4 is 0 Å². The van der Waals surface area contributed by atoms with Gasteiger partial charge in [0, 0.05) is 6.08 Å². The van der Waals surface area contributed by atoms with Gasteiger partial charge in [-0.3, -0.25) is 4.55 Å². The SMILES string of the molecule is CCC=CC(=O)O.O=S(=O)(O)C(F)(F)F. The highest BCUT2D eigenvalue weighted by Gasteiger charge is 2.44. The lowest BCUT2D eigenvalue weighted by Gasteiger charge is -1.97. The van der Waals surface area contributed by atoms with Gasteiger partial charge in [-0.15, -0.1) is 0 Å².